The Morgan fingerprint density at radius 1 is 0.938 bits per heavy atom. The normalized spacial score (nSPS) is 33.5. The van der Waals surface area contributed by atoms with E-state index in [1.54, 1.807) is 29.2 Å². The van der Waals surface area contributed by atoms with Crippen molar-refractivity contribution in [3.05, 3.63) is 35.9 Å². The Hall–Kier alpha value is -3.25. The van der Waals surface area contributed by atoms with E-state index in [2.05, 4.69) is 33.8 Å². The molecule has 48 heavy (non-hydrogen) atoms. The van der Waals surface area contributed by atoms with Crippen LogP contribution in [0.5, 0.6) is 0 Å². The first-order valence-corrected chi connectivity index (χ1v) is 19.5. The topological polar surface area (TPSA) is 134 Å². The van der Waals surface area contributed by atoms with E-state index in [1.807, 2.05) is 0 Å². The molecule has 9 rings (SSSR count). The van der Waals surface area contributed by atoms with Gasteiger partial charge in [-0.25, -0.2) is 14.7 Å². The molecule has 0 radical (unpaired) electrons. The number of pyridine rings is 2. The highest BCUT2D eigenvalue weighted by molar-refractivity contribution is 7.90. The van der Waals surface area contributed by atoms with Crippen LogP contribution in [0.4, 0.5) is 17.5 Å². The van der Waals surface area contributed by atoms with Gasteiger partial charge in [-0.3, -0.25) is 14.5 Å². The van der Waals surface area contributed by atoms with Crippen molar-refractivity contribution >= 4 is 39.3 Å². The average molecular weight is 677 g/mol. The molecule has 2 N–H and O–H groups in total. The fraction of sp³-hybridized carbons (Fsp3) is 0.667. The molecule has 11 nitrogen and oxygen atoms in total. The quantitative estimate of drug-likeness (QED) is 0.442. The van der Waals surface area contributed by atoms with Gasteiger partial charge in [0.05, 0.1) is 5.56 Å². The molecule has 2 aromatic heterocycles. The molecule has 0 spiro atoms. The van der Waals surface area contributed by atoms with Gasteiger partial charge in [-0.2, -0.15) is 8.42 Å². The lowest BCUT2D eigenvalue weighted by Gasteiger charge is -2.57. The highest BCUT2D eigenvalue weighted by atomic mass is 32.2. The van der Waals surface area contributed by atoms with Crippen molar-refractivity contribution in [1.82, 2.24) is 14.7 Å². The van der Waals surface area contributed by atoms with E-state index in [-0.39, 0.29) is 22.0 Å². The van der Waals surface area contributed by atoms with Gasteiger partial charge in [-0.05, 0) is 131 Å². The third-order valence-electron chi connectivity index (χ3n) is 12.2. The molecule has 258 valence electrons. The summed E-state index contributed by atoms with van der Waals surface area (Å²) in [5.74, 6) is 3.44. The van der Waals surface area contributed by atoms with E-state index < -0.39 is 22.0 Å². The SMILES string of the molecule is CC1(C)C[C@@H]2CCCNc3cccc(n3)S(=O)(=O)NC(=O)c3ccc(N4CCC(OCCC56CC7CC(CC(C7)C5)C6)C4=O)nc3N1C2. The lowest BCUT2D eigenvalue weighted by Crippen LogP contribution is -2.46. The number of hydrogen-bond donors (Lipinski definition) is 2. The number of rotatable bonds is 5. The van der Waals surface area contributed by atoms with Gasteiger partial charge in [0.1, 0.15) is 23.6 Å². The highest BCUT2D eigenvalue weighted by Crippen LogP contribution is 2.61. The van der Waals surface area contributed by atoms with Crippen molar-refractivity contribution in [2.75, 3.05) is 41.4 Å². The molecule has 3 aliphatic heterocycles. The van der Waals surface area contributed by atoms with Crippen LogP contribution in [-0.2, 0) is 19.6 Å². The first kappa shape index (κ1) is 32.0. The van der Waals surface area contributed by atoms with Crippen LogP contribution in [0.2, 0.25) is 0 Å². The number of anilines is 3. The van der Waals surface area contributed by atoms with E-state index in [9.17, 15) is 18.0 Å². The summed E-state index contributed by atoms with van der Waals surface area (Å²) in [4.78, 5) is 40.5. The van der Waals surface area contributed by atoms with Gasteiger partial charge in [0.15, 0.2) is 5.03 Å². The Balaban J connectivity index is 1.03. The van der Waals surface area contributed by atoms with Gasteiger partial charge in [0.2, 0.25) is 0 Å². The van der Waals surface area contributed by atoms with Crippen LogP contribution >= 0.6 is 0 Å². The Morgan fingerprint density at radius 2 is 1.69 bits per heavy atom. The predicted molar refractivity (Wildman–Crippen MR) is 182 cm³/mol. The molecule has 2 aromatic rings. The van der Waals surface area contributed by atoms with Crippen molar-refractivity contribution in [3.8, 4) is 0 Å². The third-order valence-corrected chi connectivity index (χ3v) is 13.4. The smallest absolute Gasteiger partial charge is 0.281 e. The summed E-state index contributed by atoms with van der Waals surface area (Å²) >= 11 is 0. The maximum Gasteiger partial charge on any atom is 0.281 e. The second kappa shape index (κ2) is 12.0. The van der Waals surface area contributed by atoms with Crippen LogP contribution < -0.4 is 19.8 Å². The molecule has 0 aromatic carbocycles. The standard InChI is InChI=1S/C36H48N6O5S/c1-35(2)18-23-5-4-12-37-29-6-3-7-31(38-29)48(45,46)40-33(43)27-8-9-30(39-32(27)42(35)22-23)41-13-10-28(34(41)44)47-14-11-36-19-24-15-25(20-36)17-26(16-24)21-36/h3,6-9,23-26,28H,4-5,10-22H2,1-2H3,(H,37,38)(H,40,43)/t23-,24?,25?,26?,28?,36?/m0/s1. The van der Waals surface area contributed by atoms with E-state index in [1.165, 1.54) is 44.6 Å². The molecular weight excluding hydrogens is 629 g/mol. The number of sulfonamides is 1. The zero-order valence-electron chi connectivity index (χ0n) is 28.1. The van der Waals surface area contributed by atoms with Crippen molar-refractivity contribution < 1.29 is 22.7 Å². The van der Waals surface area contributed by atoms with Crippen molar-refractivity contribution in [1.29, 1.82) is 0 Å². The molecule has 8 bridgehead atoms. The Bertz CT molecular complexity index is 1680. The first-order valence-electron chi connectivity index (χ1n) is 18.0. The second-order valence-corrected chi connectivity index (χ2v) is 17.8. The van der Waals surface area contributed by atoms with E-state index in [4.69, 9.17) is 9.72 Å². The molecule has 4 aliphatic carbocycles. The molecule has 2 atom stereocenters. The summed E-state index contributed by atoms with van der Waals surface area (Å²) in [6, 6.07) is 7.95. The number of ether oxygens (including phenoxy) is 1. The van der Waals surface area contributed by atoms with E-state index in [0.29, 0.717) is 61.4 Å². The molecule has 12 heteroatoms. The van der Waals surface area contributed by atoms with Gasteiger partial charge >= 0.3 is 0 Å². The maximum atomic E-state index is 13.7. The highest BCUT2D eigenvalue weighted by Gasteiger charge is 2.50. The number of fused-ring (bicyclic) bond motifs is 6. The summed E-state index contributed by atoms with van der Waals surface area (Å²) in [6.07, 6.45) is 12.1. The van der Waals surface area contributed by atoms with Crippen LogP contribution in [0.15, 0.2) is 35.4 Å². The van der Waals surface area contributed by atoms with Crippen molar-refractivity contribution in [2.45, 2.75) is 101 Å². The lowest BCUT2D eigenvalue weighted by molar-refractivity contribution is -0.129. The Morgan fingerprint density at radius 3 is 2.44 bits per heavy atom. The number of amides is 2. The molecule has 2 amide bonds. The average Bonchev–Trinajstić information content (AvgIpc) is 3.55. The van der Waals surface area contributed by atoms with Gasteiger partial charge < -0.3 is 15.0 Å². The Labute approximate surface area is 283 Å². The fourth-order valence-electron chi connectivity index (χ4n) is 10.5. The summed E-state index contributed by atoms with van der Waals surface area (Å²) in [5, 5.41) is 2.99. The molecular formula is C36H48N6O5S. The molecule has 6 fully saturated rings. The number of nitrogens with one attached hydrogen (secondary N) is 2. The summed E-state index contributed by atoms with van der Waals surface area (Å²) in [6.45, 7) is 6.68. The molecule has 5 heterocycles. The number of carbonyl (C=O) groups is 2. The summed E-state index contributed by atoms with van der Waals surface area (Å²) < 4.78 is 35.2. The van der Waals surface area contributed by atoms with Crippen LogP contribution in [0.1, 0.15) is 94.8 Å². The van der Waals surface area contributed by atoms with Gasteiger partial charge in [-0.1, -0.05) is 6.07 Å². The van der Waals surface area contributed by atoms with Crippen LogP contribution in [-0.4, -0.2) is 68.1 Å². The predicted octanol–water partition coefficient (Wildman–Crippen LogP) is 5.13. The van der Waals surface area contributed by atoms with Crippen LogP contribution in [0, 0.1) is 29.1 Å². The van der Waals surface area contributed by atoms with E-state index >= 15 is 0 Å². The second-order valence-electron chi connectivity index (χ2n) is 16.2. The summed E-state index contributed by atoms with van der Waals surface area (Å²) in [5.41, 5.74) is 0.220. The Kier molecular flexibility index (Phi) is 7.97. The van der Waals surface area contributed by atoms with Gasteiger partial charge in [-0.15, -0.1) is 0 Å². The first-order chi connectivity index (χ1) is 23.0. The van der Waals surface area contributed by atoms with Crippen molar-refractivity contribution in [3.63, 3.8) is 0 Å². The summed E-state index contributed by atoms with van der Waals surface area (Å²) in [7, 11) is -4.26. The van der Waals surface area contributed by atoms with Gasteiger partial charge in [0, 0.05) is 38.2 Å². The van der Waals surface area contributed by atoms with Crippen LogP contribution in [0.25, 0.3) is 0 Å². The monoisotopic (exact) mass is 676 g/mol. The minimum absolute atomic E-state index is 0.103. The van der Waals surface area contributed by atoms with Crippen LogP contribution in [0.3, 0.4) is 0 Å². The third kappa shape index (κ3) is 5.97. The minimum atomic E-state index is -4.26. The zero-order valence-corrected chi connectivity index (χ0v) is 28.9. The van der Waals surface area contributed by atoms with Gasteiger partial charge in [0.25, 0.3) is 21.8 Å². The molecule has 2 saturated heterocycles. The lowest BCUT2D eigenvalue weighted by atomic mass is 9.49. The van der Waals surface area contributed by atoms with Crippen molar-refractivity contribution in [2.24, 2.45) is 29.1 Å². The number of aromatic nitrogens is 2. The molecule has 1 unspecified atom stereocenters. The molecule has 7 aliphatic rings. The number of hydrogen-bond acceptors (Lipinski definition) is 9. The number of nitrogens with zero attached hydrogens (tertiary/aromatic N) is 4. The largest absolute Gasteiger partial charge is 0.370 e. The maximum absolute atomic E-state index is 13.7. The minimum Gasteiger partial charge on any atom is -0.370 e. The van der Waals surface area contributed by atoms with E-state index in [0.717, 1.165) is 43.4 Å². The zero-order chi connectivity index (χ0) is 33.3. The fourth-order valence-corrected chi connectivity index (χ4v) is 11.4. The number of carbonyl (C=O) groups excluding carboxylic acids is 2. The molecule has 4 saturated carbocycles.